The Hall–Kier alpha value is -3.99. The molecule has 1 aromatic heterocycles. The van der Waals surface area contributed by atoms with Crippen LogP contribution in [0.5, 0.6) is 5.75 Å². The van der Waals surface area contributed by atoms with Crippen molar-refractivity contribution >= 4 is 11.9 Å². The highest BCUT2D eigenvalue weighted by Crippen LogP contribution is 2.21. The largest absolute Gasteiger partial charge is 0.486 e. The molecule has 0 aliphatic carbocycles. The molecular formula is C25H18FNO3. The molecular weight excluding hydrogens is 381 g/mol. The lowest BCUT2D eigenvalue weighted by atomic mass is 10.1. The van der Waals surface area contributed by atoms with Gasteiger partial charge in [-0.1, -0.05) is 53.7 Å². The molecule has 0 saturated heterocycles. The van der Waals surface area contributed by atoms with Gasteiger partial charge in [0.2, 0.25) is 0 Å². The number of ether oxygens (including phenoxy) is 1. The molecule has 5 heteroatoms. The standard InChI is InChI=1S/C25H18FNO3/c26-21-8-4-7-20(15-21)24-16-23(30-27-24)17-29-22-12-10-19(11-13-22)25(28)14-9-18-5-2-1-3-6-18/h1-16H,17H2. The van der Waals surface area contributed by atoms with E-state index in [1.807, 2.05) is 30.3 Å². The van der Waals surface area contributed by atoms with E-state index in [4.69, 9.17) is 9.26 Å². The number of rotatable bonds is 7. The summed E-state index contributed by atoms with van der Waals surface area (Å²) in [6, 6.07) is 24.4. The quantitative estimate of drug-likeness (QED) is 0.284. The van der Waals surface area contributed by atoms with Crippen LogP contribution in [-0.4, -0.2) is 10.9 Å². The average Bonchev–Trinajstić information content (AvgIpc) is 3.26. The highest BCUT2D eigenvalue weighted by molar-refractivity contribution is 6.06. The Morgan fingerprint density at radius 2 is 1.77 bits per heavy atom. The number of ketones is 1. The van der Waals surface area contributed by atoms with Gasteiger partial charge in [-0.05, 0) is 48.0 Å². The van der Waals surface area contributed by atoms with Crippen molar-refractivity contribution in [2.75, 3.05) is 0 Å². The Morgan fingerprint density at radius 3 is 2.53 bits per heavy atom. The molecule has 4 nitrogen and oxygen atoms in total. The number of benzene rings is 3. The van der Waals surface area contributed by atoms with Gasteiger partial charge in [-0.2, -0.15) is 0 Å². The van der Waals surface area contributed by atoms with Crippen molar-refractivity contribution < 1.29 is 18.4 Å². The molecule has 0 aliphatic rings. The van der Waals surface area contributed by atoms with Crippen LogP contribution < -0.4 is 4.74 Å². The molecule has 0 bridgehead atoms. The fourth-order valence-corrected chi connectivity index (χ4v) is 2.87. The Morgan fingerprint density at radius 1 is 0.967 bits per heavy atom. The number of allylic oxidation sites excluding steroid dienone is 1. The molecule has 4 rings (SSSR count). The van der Waals surface area contributed by atoms with Gasteiger partial charge >= 0.3 is 0 Å². The highest BCUT2D eigenvalue weighted by atomic mass is 19.1. The summed E-state index contributed by atoms with van der Waals surface area (Å²) in [7, 11) is 0. The van der Waals surface area contributed by atoms with E-state index < -0.39 is 0 Å². The molecule has 0 saturated carbocycles. The molecule has 0 radical (unpaired) electrons. The Labute approximate surface area is 173 Å². The molecule has 0 fully saturated rings. The third kappa shape index (κ3) is 4.89. The second-order valence-corrected chi connectivity index (χ2v) is 6.61. The first-order chi connectivity index (χ1) is 14.7. The van der Waals surface area contributed by atoms with Crippen molar-refractivity contribution in [3.8, 4) is 17.0 Å². The fourth-order valence-electron chi connectivity index (χ4n) is 2.87. The second kappa shape index (κ2) is 9.01. The number of hydrogen-bond donors (Lipinski definition) is 0. The van der Waals surface area contributed by atoms with Crippen LogP contribution >= 0.6 is 0 Å². The number of hydrogen-bond acceptors (Lipinski definition) is 4. The molecule has 148 valence electrons. The van der Waals surface area contributed by atoms with Crippen molar-refractivity contribution in [2.45, 2.75) is 6.61 Å². The zero-order valence-corrected chi connectivity index (χ0v) is 16.0. The minimum atomic E-state index is -0.332. The van der Waals surface area contributed by atoms with Crippen LogP contribution in [-0.2, 0) is 6.61 Å². The normalized spacial score (nSPS) is 11.0. The van der Waals surface area contributed by atoms with E-state index in [0.717, 1.165) is 5.56 Å². The zero-order valence-electron chi connectivity index (χ0n) is 16.0. The van der Waals surface area contributed by atoms with E-state index in [9.17, 15) is 9.18 Å². The monoisotopic (exact) mass is 399 g/mol. The van der Waals surface area contributed by atoms with Crippen molar-refractivity contribution in [1.82, 2.24) is 5.16 Å². The lowest BCUT2D eigenvalue weighted by Crippen LogP contribution is -1.96. The fraction of sp³-hybridized carbons (Fsp3) is 0.0400. The lowest BCUT2D eigenvalue weighted by molar-refractivity contribution is 0.104. The van der Waals surface area contributed by atoms with E-state index in [1.54, 1.807) is 54.6 Å². The van der Waals surface area contributed by atoms with Gasteiger partial charge in [-0.25, -0.2) is 4.39 Å². The van der Waals surface area contributed by atoms with Crippen LogP contribution in [0.25, 0.3) is 17.3 Å². The van der Waals surface area contributed by atoms with Crippen LogP contribution in [0.15, 0.2) is 95.5 Å². The van der Waals surface area contributed by atoms with E-state index >= 15 is 0 Å². The maximum absolute atomic E-state index is 13.3. The van der Waals surface area contributed by atoms with Crippen molar-refractivity contribution in [3.63, 3.8) is 0 Å². The maximum atomic E-state index is 13.3. The number of carbonyl (C=O) groups excluding carboxylic acids is 1. The first kappa shape index (κ1) is 19.3. The summed E-state index contributed by atoms with van der Waals surface area (Å²) in [6.07, 6.45) is 3.33. The third-order valence-electron chi connectivity index (χ3n) is 4.43. The minimum absolute atomic E-state index is 0.0830. The van der Waals surface area contributed by atoms with Crippen LogP contribution in [0.3, 0.4) is 0 Å². The Kier molecular flexibility index (Phi) is 5.80. The molecule has 3 aromatic carbocycles. The minimum Gasteiger partial charge on any atom is -0.486 e. The predicted molar refractivity (Wildman–Crippen MR) is 112 cm³/mol. The lowest BCUT2D eigenvalue weighted by Gasteiger charge is -2.04. The van der Waals surface area contributed by atoms with Gasteiger partial charge in [-0.15, -0.1) is 0 Å². The second-order valence-electron chi connectivity index (χ2n) is 6.61. The molecule has 0 aliphatic heterocycles. The number of nitrogens with zero attached hydrogens (tertiary/aromatic N) is 1. The maximum Gasteiger partial charge on any atom is 0.185 e. The number of halogens is 1. The third-order valence-corrected chi connectivity index (χ3v) is 4.43. The van der Waals surface area contributed by atoms with Crippen LogP contribution in [0.1, 0.15) is 21.7 Å². The van der Waals surface area contributed by atoms with Gasteiger partial charge < -0.3 is 9.26 Å². The summed E-state index contributed by atoms with van der Waals surface area (Å²) >= 11 is 0. The van der Waals surface area contributed by atoms with Gasteiger partial charge in [0.25, 0.3) is 0 Å². The van der Waals surface area contributed by atoms with E-state index in [0.29, 0.717) is 28.3 Å². The first-order valence-electron chi connectivity index (χ1n) is 9.39. The summed E-state index contributed by atoms with van der Waals surface area (Å²) in [4.78, 5) is 12.3. The van der Waals surface area contributed by atoms with E-state index in [1.165, 1.54) is 12.1 Å². The van der Waals surface area contributed by atoms with Crippen LogP contribution in [0, 0.1) is 5.82 Å². The summed E-state index contributed by atoms with van der Waals surface area (Å²) < 4.78 is 24.3. The molecule has 0 N–H and O–H groups in total. The SMILES string of the molecule is O=C(C=Cc1ccccc1)c1ccc(OCc2cc(-c3cccc(F)c3)no2)cc1. The van der Waals surface area contributed by atoms with Crippen molar-refractivity contribution in [2.24, 2.45) is 0 Å². The Bertz CT molecular complexity index is 1160. The first-order valence-corrected chi connectivity index (χ1v) is 9.39. The van der Waals surface area contributed by atoms with Gasteiger partial charge in [0.1, 0.15) is 23.9 Å². The van der Waals surface area contributed by atoms with Gasteiger partial charge in [-0.3, -0.25) is 4.79 Å². The highest BCUT2D eigenvalue weighted by Gasteiger charge is 2.09. The number of aromatic nitrogens is 1. The molecule has 0 atom stereocenters. The summed E-state index contributed by atoms with van der Waals surface area (Å²) in [5, 5.41) is 3.95. The van der Waals surface area contributed by atoms with Gasteiger partial charge in [0, 0.05) is 17.2 Å². The Balaban J connectivity index is 1.35. The molecule has 0 spiro atoms. The van der Waals surface area contributed by atoms with E-state index in [-0.39, 0.29) is 18.2 Å². The molecule has 30 heavy (non-hydrogen) atoms. The van der Waals surface area contributed by atoms with Crippen molar-refractivity contribution in [1.29, 1.82) is 0 Å². The van der Waals surface area contributed by atoms with Gasteiger partial charge in [0.05, 0.1) is 0 Å². The predicted octanol–water partition coefficient (Wildman–Crippen LogP) is 5.96. The topological polar surface area (TPSA) is 52.3 Å². The molecule has 4 aromatic rings. The zero-order chi connectivity index (χ0) is 20.8. The molecule has 0 amide bonds. The summed E-state index contributed by atoms with van der Waals surface area (Å²) in [5.74, 6) is 0.699. The molecule has 1 heterocycles. The smallest absolute Gasteiger partial charge is 0.185 e. The summed E-state index contributed by atoms with van der Waals surface area (Å²) in [6.45, 7) is 0.170. The van der Waals surface area contributed by atoms with Crippen LogP contribution in [0.4, 0.5) is 4.39 Å². The van der Waals surface area contributed by atoms with E-state index in [2.05, 4.69) is 5.16 Å². The number of carbonyl (C=O) groups is 1. The summed E-state index contributed by atoms with van der Waals surface area (Å²) in [5.41, 5.74) is 2.72. The molecule has 0 unspecified atom stereocenters. The average molecular weight is 399 g/mol. The van der Waals surface area contributed by atoms with Crippen molar-refractivity contribution in [3.05, 3.63) is 114 Å². The van der Waals surface area contributed by atoms with Gasteiger partial charge in [0.15, 0.2) is 11.5 Å². The van der Waals surface area contributed by atoms with Crippen LogP contribution in [0.2, 0.25) is 0 Å².